The largest absolute Gasteiger partial charge is 0.416 e. The summed E-state index contributed by atoms with van der Waals surface area (Å²) in [5.74, 6) is 0.924. The van der Waals surface area contributed by atoms with Gasteiger partial charge in [-0.15, -0.1) is 0 Å². The summed E-state index contributed by atoms with van der Waals surface area (Å²) in [5.41, 5.74) is 2.17. The molecule has 4 nitrogen and oxygen atoms in total. The zero-order valence-corrected chi connectivity index (χ0v) is 15.6. The minimum absolute atomic E-state index is 0.515. The van der Waals surface area contributed by atoms with Crippen LogP contribution in [-0.2, 0) is 12.7 Å². The SMILES string of the molecule is Cc1ccc2ncnc(N3CCN(Cc4cccc(C(F)(F)F)c4)CC3)c2c1. The maximum absolute atomic E-state index is 12.9. The zero-order valence-electron chi connectivity index (χ0n) is 15.6. The molecule has 0 radical (unpaired) electrons. The minimum atomic E-state index is -4.30. The molecule has 1 aliphatic heterocycles. The molecule has 0 atom stereocenters. The molecule has 146 valence electrons. The Bertz CT molecular complexity index is 979. The van der Waals surface area contributed by atoms with Crippen LogP contribution in [-0.4, -0.2) is 41.0 Å². The highest BCUT2D eigenvalue weighted by molar-refractivity contribution is 5.89. The summed E-state index contributed by atoms with van der Waals surface area (Å²) < 4.78 is 38.7. The van der Waals surface area contributed by atoms with Gasteiger partial charge in [-0.05, 0) is 30.7 Å². The molecule has 7 heteroatoms. The van der Waals surface area contributed by atoms with Crippen molar-refractivity contribution < 1.29 is 13.2 Å². The number of hydrogen-bond donors (Lipinski definition) is 0. The van der Waals surface area contributed by atoms with Crippen molar-refractivity contribution in [1.29, 1.82) is 0 Å². The fourth-order valence-corrected chi connectivity index (χ4v) is 3.63. The summed E-state index contributed by atoms with van der Waals surface area (Å²) in [6, 6.07) is 11.7. The first kappa shape index (κ1) is 18.7. The van der Waals surface area contributed by atoms with Gasteiger partial charge in [-0.2, -0.15) is 13.2 Å². The summed E-state index contributed by atoms with van der Waals surface area (Å²) >= 11 is 0. The van der Waals surface area contributed by atoms with Gasteiger partial charge in [-0.25, -0.2) is 9.97 Å². The first-order chi connectivity index (χ1) is 13.4. The van der Waals surface area contributed by atoms with Gasteiger partial charge in [0.05, 0.1) is 11.1 Å². The van der Waals surface area contributed by atoms with Crippen LogP contribution in [0.15, 0.2) is 48.8 Å². The molecule has 3 aromatic rings. The van der Waals surface area contributed by atoms with Crippen LogP contribution < -0.4 is 4.90 Å². The van der Waals surface area contributed by atoms with Crippen LogP contribution in [0.3, 0.4) is 0 Å². The van der Waals surface area contributed by atoms with E-state index < -0.39 is 11.7 Å². The molecule has 1 saturated heterocycles. The molecule has 1 aromatic heterocycles. The standard InChI is InChI=1S/C21H21F3N4/c1-15-5-6-19-18(11-15)20(26-14-25-19)28-9-7-27(8-10-28)13-16-3-2-4-17(12-16)21(22,23)24/h2-6,11-12,14H,7-10,13H2,1H3. The van der Waals surface area contributed by atoms with E-state index in [9.17, 15) is 13.2 Å². The Morgan fingerprint density at radius 2 is 1.75 bits per heavy atom. The van der Waals surface area contributed by atoms with Crippen molar-refractivity contribution in [2.45, 2.75) is 19.6 Å². The second-order valence-corrected chi connectivity index (χ2v) is 7.18. The molecular formula is C21H21F3N4. The third kappa shape index (κ3) is 3.94. The highest BCUT2D eigenvalue weighted by Gasteiger charge is 2.30. The van der Waals surface area contributed by atoms with Crippen molar-refractivity contribution in [3.8, 4) is 0 Å². The number of benzene rings is 2. The van der Waals surface area contributed by atoms with Crippen LogP contribution in [0.1, 0.15) is 16.7 Å². The second kappa shape index (κ2) is 7.39. The van der Waals surface area contributed by atoms with Gasteiger partial charge in [0.2, 0.25) is 0 Å². The van der Waals surface area contributed by atoms with Crippen LogP contribution in [0.4, 0.5) is 19.0 Å². The van der Waals surface area contributed by atoms with Gasteiger partial charge in [0, 0.05) is 38.1 Å². The van der Waals surface area contributed by atoms with Crippen molar-refractivity contribution in [3.63, 3.8) is 0 Å². The van der Waals surface area contributed by atoms with Gasteiger partial charge in [-0.1, -0.05) is 29.8 Å². The molecule has 0 saturated carbocycles. The fourth-order valence-electron chi connectivity index (χ4n) is 3.63. The second-order valence-electron chi connectivity index (χ2n) is 7.18. The molecule has 4 rings (SSSR count). The average Bonchev–Trinajstić information content (AvgIpc) is 2.68. The number of rotatable bonds is 3. The van der Waals surface area contributed by atoms with E-state index in [0.29, 0.717) is 12.1 Å². The van der Waals surface area contributed by atoms with Crippen LogP contribution in [0.2, 0.25) is 0 Å². The topological polar surface area (TPSA) is 32.3 Å². The lowest BCUT2D eigenvalue weighted by Crippen LogP contribution is -2.46. The number of fused-ring (bicyclic) bond motifs is 1. The number of anilines is 1. The lowest BCUT2D eigenvalue weighted by Gasteiger charge is -2.35. The maximum Gasteiger partial charge on any atom is 0.416 e. The van der Waals surface area contributed by atoms with E-state index in [1.165, 1.54) is 12.1 Å². The third-order valence-electron chi connectivity index (χ3n) is 5.10. The predicted octanol–water partition coefficient (Wildman–Crippen LogP) is 4.28. The van der Waals surface area contributed by atoms with E-state index in [-0.39, 0.29) is 0 Å². The van der Waals surface area contributed by atoms with Gasteiger partial charge in [-0.3, -0.25) is 4.90 Å². The first-order valence-corrected chi connectivity index (χ1v) is 9.25. The summed E-state index contributed by atoms with van der Waals surface area (Å²) in [6.07, 6.45) is -2.72. The van der Waals surface area contributed by atoms with Gasteiger partial charge in [0.15, 0.2) is 0 Å². The Balaban J connectivity index is 1.45. The van der Waals surface area contributed by atoms with E-state index in [2.05, 4.69) is 25.8 Å². The number of hydrogen-bond acceptors (Lipinski definition) is 4. The summed E-state index contributed by atoms with van der Waals surface area (Å²) in [6.45, 7) is 5.66. The fraction of sp³-hybridized carbons (Fsp3) is 0.333. The monoisotopic (exact) mass is 386 g/mol. The number of aryl methyl sites for hydroxylation is 1. The van der Waals surface area contributed by atoms with Crippen LogP contribution in [0.25, 0.3) is 10.9 Å². The van der Waals surface area contributed by atoms with E-state index >= 15 is 0 Å². The van der Waals surface area contributed by atoms with Crippen LogP contribution >= 0.6 is 0 Å². The van der Waals surface area contributed by atoms with Gasteiger partial charge < -0.3 is 4.90 Å². The van der Waals surface area contributed by atoms with Crippen molar-refractivity contribution in [3.05, 3.63) is 65.5 Å². The van der Waals surface area contributed by atoms with Crippen molar-refractivity contribution in [1.82, 2.24) is 14.9 Å². The zero-order chi connectivity index (χ0) is 19.7. The minimum Gasteiger partial charge on any atom is -0.353 e. The summed E-state index contributed by atoms with van der Waals surface area (Å²) in [4.78, 5) is 13.2. The Morgan fingerprint density at radius 3 is 2.50 bits per heavy atom. The maximum atomic E-state index is 12.9. The molecule has 1 fully saturated rings. The smallest absolute Gasteiger partial charge is 0.353 e. The lowest BCUT2D eigenvalue weighted by molar-refractivity contribution is -0.137. The van der Waals surface area contributed by atoms with E-state index in [4.69, 9.17) is 0 Å². The quantitative estimate of drug-likeness (QED) is 0.673. The number of halogens is 3. The average molecular weight is 386 g/mol. The summed E-state index contributed by atoms with van der Waals surface area (Å²) in [7, 11) is 0. The number of aromatic nitrogens is 2. The Labute approximate surface area is 161 Å². The van der Waals surface area contributed by atoms with Crippen LogP contribution in [0, 0.1) is 6.92 Å². The lowest BCUT2D eigenvalue weighted by atomic mass is 10.1. The molecule has 0 N–H and O–H groups in total. The molecule has 0 bridgehead atoms. The number of nitrogens with zero attached hydrogens (tertiary/aromatic N) is 4. The van der Waals surface area contributed by atoms with E-state index in [1.807, 2.05) is 19.1 Å². The van der Waals surface area contributed by atoms with Gasteiger partial charge in [0.1, 0.15) is 12.1 Å². The first-order valence-electron chi connectivity index (χ1n) is 9.25. The molecule has 0 aliphatic carbocycles. The number of alkyl halides is 3. The Kier molecular flexibility index (Phi) is 4.93. The molecule has 2 aromatic carbocycles. The summed E-state index contributed by atoms with van der Waals surface area (Å²) in [5, 5.41) is 1.04. The molecule has 0 unspecified atom stereocenters. The third-order valence-corrected chi connectivity index (χ3v) is 5.10. The highest BCUT2D eigenvalue weighted by Crippen LogP contribution is 2.30. The van der Waals surface area contributed by atoms with Crippen molar-refractivity contribution in [2.75, 3.05) is 31.1 Å². The molecule has 28 heavy (non-hydrogen) atoms. The molecule has 0 amide bonds. The Hall–Kier alpha value is -2.67. The predicted molar refractivity (Wildman–Crippen MR) is 103 cm³/mol. The molecular weight excluding hydrogens is 365 g/mol. The van der Waals surface area contributed by atoms with E-state index in [1.54, 1.807) is 12.4 Å². The normalized spacial score (nSPS) is 15.9. The van der Waals surface area contributed by atoms with E-state index in [0.717, 1.165) is 54.5 Å². The highest BCUT2D eigenvalue weighted by atomic mass is 19.4. The Morgan fingerprint density at radius 1 is 0.964 bits per heavy atom. The molecule has 1 aliphatic rings. The number of piperazine rings is 1. The molecule has 2 heterocycles. The van der Waals surface area contributed by atoms with Crippen molar-refractivity contribution >= 4 is 16.7 Å². The van der Waals surface area contributed by atoms with Crippen molar-refractivity contribution in [2.24, 2.45) is 0 Å². The van der Waals surface area contributed by atoms with Gasteiger partial charge >= 0.3 is 6.18 Å². The van der Waals surface area contributed by atoms with Crippen LogP contribution in [0.5, 0.6) is 0 Å². The molecule has 0 spiro atoms. The van der Waals surface area contributed by atoms with Gasteiger partial charge in [0.25, 0.3) is 0 Å².